The van der Waals surface area contributed by atoms with Gasteiger partial charge in [-0.3, -0.25) is 4.79 Å². The average Bonchev–Trinajstić information content (AvgIpc) is 2.94. The molecule has 1 aromatic carbocycles. The van der Waals surface area contributed by atoms with Crippen molar-refractivity contribution in [3.63, 3.8) is 0 Å². The van der Waals surface area contributed by atoms with E-state index in [4.69, 9.17) is 11.6 Å². The number of aromatic nitrogens is 2. The van der Waals surface area contributed by atoms with Gasteiger partial charge in [0.25, 0.3) is 0 Å². The molecular weight excluding hydrogens is 298 g/mol. The van der Waals surface area contributed by atoms with E-state index in [1.54, 1.807) is 18.2 Å². The molecule has 5 heteroatoms. The summed E-state index contributed by atoms with van der Waals surface area (Å²) in [4.78, 5) is 16.2. The molecule has 3 aromatic rings. The van der Waals surface area contributed by atoms with E-state index in [1.807, 2.05) is 47.1 Å². The van der Waals surface area contributed by atoms with Crippen molar-refractivity contribution in [1.29, 1.82) is 0 Å². The van der Waals surface area contributed by atoms with Crippen molar-refractivity contribution in [2.75, 3.05) is 0 Å². The first-order valence-electron chi connectivity index (χ1n) is 6.85. The van der Waals surface area contributed by atoms with Crippen LogP contribution in [0.3, 0.4) is 0 Å². The van der Waals surface area contributed by atoms with E-state index in [1.165, 1.54) is 6.08 Å². The van der Waals surface area contributed by atoms with Crippen molar-refractivity contribution in [3.8, 4) is 0 Å². The molecule has 0 saturated heterocycles. The molecule has 0 unspecified atom stereocenters. The SMILES string of the molecule is O=C(/C=C/c1ccccc1)NCc1cn2ccc(Cl)cc2n1. The quantitative estimate of drug-likeness (QED) is 0.751. The second-order valence-electron chi connectivity index (χ2n) is 4.80. The molecule has 4 nitrogen and oxygen atoms in total. The van der Waals surface area contributed by atoms with E-state index >= 15 is 0 Å². The highest BCUT2D eigenvalue weighted by Gasteiger charge is 2.03. The maximum Gasteiger partial charge on any atom is 0.244 e. The summed E-state index contributed by atoms with van der Waals surface area (Å²) < 4.78 is 1.87. The van der Waals surface area contributed by atoms with Gasteiger partial charge in [-0.2, -0.15) is 0 Å². The van der Waals surface area contributed by atoms with Gasteiger partial charge in [0.1, 0.15) is 5.65 Å². The Labute approximate surface area is 133 Å². The van der Waals surface area contributed by atoms with Crippen LogP contribution in [0.4, 0.5) is 0 Å². The first-order chi connectivity index (χ1) is 10.7. The third-order valence-corrected chi connectivity index (χ3v) is 3.38. The van der Waals surface area contributed by atoms with Gasteiger partial charge in [-0.15, -0.1) is 0 Å². The van der Waals surface area contributed by atoms with Gasteiger partial charge in [0, 0.05) is 23.5 Å². The third kappa shape index (κ3) is 3.54. The Hall–Kier alpha value is -2.59. The van der Waals surface area contributed by atoms with E-state index in [0.29, 0.717) is 11.6 Å². The molecule has 0 aliphatic rings. The number of imidazole rings is 1. The molecule has 0 fully saturated rings. The average molecular weight is 312 g/mol. The highest BCUT2D eigenvalue weighted by Crippen LogP contribution is 2.12. The zero-order valence-corrected chi connectivity index (χ0v) is 12.5. The minimum Gasteiger partial charge on any atom is -0.347 e. The van der Waals surface area contributed by atoms with E-state index < -0.39 is 0 Å². The molecule has 0 atom stereocenters. The lowest BCUT2D eigenvalue weighted by molar-refractivity contribution is -0.116. The number of fused-ring (bicyclic) bond motifs is 1. The Bertz CT molecular complexity index is 824. The van der Waals surface area contributed by atoms with Crippen LogP contribution in [0.2, 0.25) is 5.02 Å². The van der Waals surface area contributed by atoms with Gasteiger partial charge in [0.2, 0.25) is 5.91 Å². The van der Waals surface area contributed by atoms with Crippen molar-refractivity contribution in [2.24, 2.45) is 0 Å². The Morgan fingerprint density at radius 3 is 2.91 bits per heavy atom. The van der Waals surface area contributed by atoms with Gasteiger partial charge in [0.05, 0.1) is 12.2 Å². The van der Waals surface area contributed by atoms with E-state index in [0.717, 1.165) is 16.9 Å². The summed E-state index contributed by atoms with van der Waals surface area (Å²) in [6.45, 7) is 0.372. The van der Waals surface area contributed by atoms with E-state index in [-0.39, 0.29) is 5.91 Å². The largest absolute Gasteiger partial charge is 0.347 e. The topological polar surface area (TPSA) is 46.4 Å². The molecular formula is C17H14ClN3O. The summed E-state index contributed by atoms with van der Waals surface area (Å²) >= 11 is 5.92. The monoisotopic (exact) mass is 311 g/mol. The van der Waals surface area contributed by atoms with Crippen LogP contribution in [-0.2, 0) is 11.3 Å². The Morgan fingerprint density at radius 2 is 2.09 bits per heavy atom. The molecule has 3 rings (SSSR count). The second kappa shape index (κ2) is 6.45. The first kappa shape index (κ1) is 14.4. The van der Waals surface area contributed by atoms with Crippen molar-refractivity contribution in [2.45, 2.75) is 6.54 Å². The molecule has 0 aliphatic heterocycles. The van der Waals surface area contributed by atoms with Crippen LogP contribution in [0.15, 0.2) is 60.9 Å². The Balaban J connectivity index is 1.61. The highest BCUT2D eigenvalue weighted by atomic mass is 35.5. The fourth-order valence-electron chi connectivity index (χ4n) is 2.07. The molecule has 1 N–H and O–H groups in total. The van der Waals surface area contributed by atoms with Gasteiger partial charge in [-0.25, -0.2) is 4.98 Å². The molecule has 0 bridgehead atoms. The van der Waals surface area contributed by atoms with Gasteiger partial charge in [-0.1, -0.05) is 41.9 Å². The minimum absolute atomic E-state index is 0.154. The first-order valence-corrected chi connectivity index (χ1v) is 7.22. The summed E-state index contributed by atoms with van der Waals surface area (Å²) in [5.74, 6) is -0.154. The van der Waals surface area contributed by atoms with Crippen LogP contribution in [0.5, 0.6) is 0 Å². The number of hydrogen-bond acceptors (Lipinski definition) is 2. The molecule has 0 aliphatic carbocycles. The van der Waals surface area contributed by atoms with Gasteiger partial charge in [-0.05, 0) is 23.8 Å². The molecule has 110 valence electrons. The normalized spacial score (nSPS) is 11.1. The number of carbonyl (C=O) groups is 1. The molecule has 0 saturated carbocycles. The number of pyridine rings is 1. The van der Waals surface area contributed by atoms with E-state index in [9.17, 15) is 4.79 Å². The lowest BCUT2D eigenvalue weighted by Gasteiger charge is -1.98. The summed E-state index contributed by atoms with van der Waals surface area (Å²) in [7, 11) is 0. The number of nitrogens with one attached hydrogen (secondary N) is 1. The number of amides is 1. The Kier molecular flexibility index (Phi) is 4.21. The molecule has 0 radical (unpaired) electrons. The van der Waals surface area contributed by atoms with Gasteiger partial charge < -0.3 is 9.72 Å². The smallest absolute Gasteiger partial charge is 0.244 e. The second-order valence-corrected chi connectivity index (χ2v) is 5.24. The number of hydrogen-bond donors (Lipinski definition) is 1. The summed E-state index contributed by atoms with van der Waals surface area (Å²) in [6, 6.07) is 13.3. The maximum atomic E-state index is 11.8. The summed E-state index contributed by atoms with van der Waals surface area (Å²) in [5.41, 5.74) is 2.53. The van der Waals surface area contributed by atoms with E-state index in [2.05, 4.69) is 10.3 Å². The Morgan fingerprint density at radius 1 is 1.27 bits per heavy atom. The molecule has 1 amide bonds. The van der Waals surface area contributed by atoms with Crippen LogP contribution in [0.1, 0.15) is 11.3 Å². The van der Waals surface area contributed by atoms with Gasteiger partial charge in [0.15, 0.2) is 0 Å². The minimum atomic E-state index is -0.154. The highest BCUT2D eigenvalue weighted by molar-refractivity contribution is 6.30. The number of halogens is 1. The number of benzene rings is 1. The predicted molar refractivity (Wildman–Crippen MR) is 87.5 cm³/mol. The van der Waals surface area contributed by atoms with Gasteiger partial charge >= 0.3 is 0 Å². The van der Waals surface area contributed by atoms with Crippen LogP contribution < -0.4 is 5.32 Å². The van der Waals surface area contributed by atoms with Crippen molar-refractivity contribution in [1.82, 2.24) is 14.7 Å². The fraction of sp³-hybridized carbons (Fsp3) is 0.0588. The van der Waals surface area contributed by atoms with Crippen LogP contribution in [0.25, 0.3) is 11.7 Å². The molecule has 2 aromatic heterocycles. The maximum absolute atomic E-state index is 11.8. The van der Waals surface area contributed by atoms with Crippen LogP contribution in [0, 0.1) is 0 Å². The number of nitrogens with zero attached hydrogens (tertiary/aromatic N) is 2. The lowest BCUT2D eigenvalue weighted by atomic mass is 10.2. The zero-order chi connectivity index (χ0) is 15.4. The van der Waals surface area contributed by atoms with Crippen LogP contribution in [-0.4, -0.2) is 15.3 Å². The predicted octanol–water partition coefficient (Wildman–Crippen LogP) is 3.32. The van der Waals surface area contributed by atoms with Crippen molar-refractivity contribution >= 4 is 29.2 Å². The zero-order valence-electron chi connectivity index (χ0n) is 11.7. The van der Waals surface area contributed by atoms with Crippen molar-refractivity contribution < 1.29 is 4.79 Å². The molecule has 22 heavy (non-hydrogen) atoms. The lowest BCUT2D eigenvalue weighted by Crippen LogP contribution is -2.20. The third-order valence-electron chi connectivity index (χ3n) is 3.14. The molecule has 2 heterocycles. The standard InChI is InChI=1S/C17H14ClN3O/c18-14-8-9-21-12-15(20-16(21)10-14)11-19-17(22)7-6-13-4-2-1-3-5-13/h1-10,12H,11H2,(H,19,22)/b7-6+. The number of carbonyl (C=O) groups excluding carboxylic acids is 1. The van der Waals surface area contributed by atoms with Crippen LogP contribution >= 0.6 is 11.6 Å². The summed E-state index contributed by atoms with van der Waals surface area (Å²) in [6.07, 6.45) is 7.00. The van der Waals surface area contributed by atoms with Crippen molar-refractivity contribution in [3.05, 3.63) is 77.2 Å². The number of rotatable bonds is 4. The fourth-order valence-corrected chi connectivity index (χ4v) is 2.22. The molecule has 0 spiro atoms. The summed E-state index contributed by atoms with van der Waals surface area (Å²) in [5, 5.41) is 3.45.